The number of alkyl halides is 2. The number of halogens is 2. The molecule has 2 N–H and O–H groups in total. The minimum absolute atomic E-state index is 0.119. The van der Waals surface area contributed by atoms with Crippen LogP contribution < -0.4 is 10.1 Å². The predicted molar refractivity (Wildman–Crippen MR) is 66.4 cm³/mol. The van der Waals surface area contributed by atoms with E-state index in [-0.39, 0.29) is 6.42 Å². The van der Waals surface area contributed by atoms with Crippen LogP contribution in [0.4, 0.5) is 8.78 Å². The third kappa shape index (κ3) is 5.65. The summed E-state index contributed by atoms with van der Waals surface area (Å²) in [6, 6.07) is 7.17. The Balaban J connectivity index is 2.33. The lowest BCUT2D eigenvalue weighted by atomic mass is 10.1. The zero-order valence-corrected chi connectivity index (χ0v) is 10.7. The van der Waals surface area contributed by atoms with Crippen molar-refractivity contribution in [2.24, 2.45) is 0 Å². The predicted octanol–water partition coefficient (Wildman–Crippen LogP) is 1.37. The number of rotatable bonds is 7. The highest BCUT2D eigenvalue weighted by Crippen LogP contribution is 2.13. The van der Waals surface area contributed by atoms with Gasteiger partial charge in [0.2, 0.25) is 5.91 Å². The zero-order valence-electron chi connectivity index (χ0n) is 10.7. The van der Waals surface area contributed by atoms with Gasteiger partial charge >= 0.3 is 0 Å². The van der Waals surface area contributed by atoms with E-state index < -0.39 is 25.0 Å². The molecule has 0 aliphatic rings. The summed E-state index contributed by atoms with van der Waals surface area (Å²) in [6.07, 6.45) is 0.578. The zero-order chi connectivity index (χ0) is 14.3. The van der Waals surface area contributed by atoms with Crippen LogP contribution in [0, 0.1) is 0 Å². The maximum absolute atomic E-state index is 12.7. The van der Waals surface area contributed by atoms with Gasteiger partial charge in [-0.25, -0.2) is 8.78 Å². The fourth-order valence-corrected chi connectivity index (χ4v) is 1.42. The molecule has 19 heavy (non-hydrogen) atoms. The van der Waals surface area contributed by atoms with Crippen LogP contribution in [0.15, 0.2) is 24.3 Å². The van der Waals surface area contributed by atoms with Crippen LogP contribution in [0.1, 0.15) is 12.0 Å². The molecule has 0 aliphatic heterocycles. The number of aliphatic hydroxyl groups excluding tert-OH is 1. The summed E-state index contributed by atoms with van der Waals surface area (Å²) in [5.74, 6) is -3.02. The first-order valence-corrected chi connectivity index (χ1v) is 5.85. The van der Waals surface area contributed by atoms with Crippen LogP contribution in [0.3, 0.4) is 0 Å². The topological polar surface area (TPSA) is 58.6 Å². The van der Waals surface area contributed by atoms with Crippen molar-refractivity contribution in [1.29, 1.82) is 0 Å². The Morgan fingerprint density at radius 1 is 1.37 bits per heavy atom. The number of carbonyl (C=O) groups is 1. The molecule has 0 unspecified atom stereocenters. The molecule has 106 valence electrons. The molecule has 1 aromatic carbocycles. The van der Waals surface area contributed by atoms with E-state index in [2.05, 4.69) is 5.32 Å². The van der Waals surface area contributed by atoms with Gasteiger partial charge in [0, 0.05) is 6.42 Å². The molecule has 0 saturated carbocycles. The standard InChI is InChI=1S/C13H17F2NO3/c1-19-11-5-2-10(3-6-11)4-7-12(18)16-8-13(14,15)9-17/h2-3,5-6,17H,4,7-9H2,1H3,(H,16,18). The second kappa shape index (κ2) is 7.04. The number of amides is 1. The summed E-state index contributed by atoms with van der Waals surface area (Å²) in [5.41, 5.74) is 0.921. The van der Waals surface area contributed by atoms with Gasteiger partial charge in [-0.2, -0.15) is 0 Å². The summed E-state index contributed by atoms with van der Waals surface area (Å²) >= 11 is 0. The molecule has 0 fully saturated rings. The summed E-state index contributed by atoms with van der Waals surface area (Å²) in [6.45, 7) is -2.11. The van der Waals surface area contributed by atoms with Gasteiger partial charge in [0.15, 0.2) is 0 Å². The first kappa shape index (κ1) is 15.4. The van der Waals surface area contributed by atoms with Crippen LogP contribution in [-0.4, -0.2) is 37.2 Å². The molecule has 0 aliphatic carbocycles. The van der Waals surface area contributed by atoms with Crippen molar-refractivity contribution >= 4 is 5.91 Å². The normalized spacial score (nSPS) is 11.2. The lowest BCUT2D eigenvalue weighted by Crippen LogP contribution is -2.39. The van der Waals surface area contributed by atoms with Crippen molar-refractivity contribution in [2.75, 3.05) is 20.3 Å². The fraction of sp³-hybridized carbons (Fsp3) is 0.462. The summed E-state index contributed by atoms with van der Waals surface area (Å²) in [5, 5.41) is 10.4. The second-order valence-corrected chi connectivity index (χ2v) is 4.14. The molecule has 1 aromatic rings. The molecule has 0 spiro atoms. The molecule has 6 heteroatoms. The number of ether oxygens (including phenoxy) is 1. The SMILES string of the molecule is COc1ccc(CCC(=O)NCC(F)(F)CO)cc1. The van der Waals surface area contributed by atoms with E-state index in [0.29, 0.717) is 6.42 Å². The molecule has 0 atom stereocenters. The third-order valence-corrected chi connectivity index (χ3v) is 2.58. The van der Waals surface area contributed by atoms with Gasteiger partial charge in [0.1, 0.15) is 12.4 Å². The average molecular weight is 273 g/mol. The number of methoxy groups -OCH3 is 1. The van der Waals surface area contributed by atoms with Gasteiger partial charge in [-0.15, -0.1) is 0 Å². The Labute approximate surface area is 110 Å². The highest BCUT2D eigenvalue weighted by molar-refractivity contribution is 5.76. The van der Waals surface area contributed by atoms with Crippen molar-refractivity contribution in [3.8, 4) is 5.75 Å². The van der Waals surface area contributed by atoms with Crippen LogP contribution in [0.5, 0.6) is 5.75 Å². The first-order valence-electron chi connectivity index (χ1n) is 5.85. The van der Waals surface area contributed by atoms with E-state index in [4.69, 9.17) is 9.84 Å². The van der Waals surface area contributed by atoms with Crippen molar-refractivity contribution in [3.05, 3.63) is 29.8 Å². The first-order chi connectivity index (χ1) is 8.96. The number of aliphatic hydroxyl groups is 1. The van der Waals surface area contributed by atoms with Crippen molar-refractivity contribution in [2.45, 2.75) is 18.8 Å². The lowest BCUT2D eigenvalue weighted by Gasteiger charge is -2.13. The Bertz CT molecular complexity index is 407. The summed E-state index contributed by atoms with van der Waals surface area (Å²) < 4.78 is 30.4. The quantitative estimate of drug-likeness (QED) is 0.789. The van der Waals surface area contributed by atoms with Gasteiger partial charge in [0.25, 0.3) is 5.92 Å². The lowest BCUT2D eigenvalue weighted by molar-refractivity contribution is -0.124. The van der Waals surface area contributed by atoms with Crippen LogP contribution in [-0.2, 0) is 11.2 Å². The van der Waals surface area contributed by atoms with Crippen LogP contribution in [0.2, 0.25) is 0 Å². The van der Waals surface area contributed by atoms with E-state index >= 15 is 0 Å². The molecule has 0 saturated heterocycles. The highest BCUT2D eigenvalue weighted by atomic mass is 19.3. The number of nitrogens with one attached hydrogen (secondary N) is 1. The molecule has 1 rings (SSSR count). The number of carbonyl (C=O) groups excluding carboxylic acids is 1. The van der Waals surface area contributed by atoms with E-state index in [1.165, 1.54) is 0 Å². The minimum Gasteiger partial charge on any atom is -0.497 e. The second-order valence-electron chi connectivity index (χ2n) is 4.14. The van der Waals surface area contributed by atoms with Gasteiger partial charge in [-0.3, -0.25) is 4.79 Å². The Morgan fingerprint density at radius 3 is 2.53 bits per heavy atom. The average Bonchev–Trinajstić information content (AvgIpc) is 2.43. The van der Waals surface area contributed by atoms with Crippen LogP contribution >= 0.6 is 0 Å². The molecule has 0 bridgehead atoms. The molecule has 4 nitrogen and oxygen atoms in total. The van der Waals surface area contributed by atoms with Crippen molar-refractivity contribution in [1.82, 2.24) is 5.32 Å². The summed E-state index contributed by atoms with van der Waals surface area (Å²) in [7, 11) is 1.56. The van der Waals surface area contributed by atoms with E-state index in [1.807, 2.05) is 12.1 Å². The molecule has 0 aromatic heterocycles. The highest BCUT2D eigenvalue weighted by Gasteiger charge is 2.27. The number of hydrogen-bond acceptors (Lipinski definition) is 3. The van der Waals surface area contributed by atoms with Crippen molar-refractivity contribution < 1.29 is 23.4 Å². The number of hydrogen-bond donors (Lipinski definition) is 2. The van der Waals surface area contributed by atoms with E-state index in [0.717, 1.165) is 11.3 Å². The van der Waals surface area contributed by atoms with Gasteiger partial charge in [0.05, 0.1) is 13.7 Å². The molecular weight excluding hydrogens is 256 g/mol. The van der Waals surface area contributed by atoms with E-state index in [1.54, 1.807) is 19.2 Å². The minimum atomic E-state index is -3.27. The largest absolute Gasteiger partial charge is 0.497 e. The molecule has 1 amide bonds. The van der Waals surface area contributed by atoms with Gasteiger partial charge in [-0.1, -0.05) is 12.1 Å². The Kier molecular flexibility index (Phi) is 5.69. The van der Waals surface area contributed by atoms with Crippen molar-refractivity contribution in [3.63, 3.8) is 0 Å². The van der Waals surface area contributed by atoms with Gasteiger partial charge < -0.3 is 15.2 Å². The monoisotopic (exact) mass is 273 g/mol. The molecule has 0 radical (unpaired) electrons. The van der Waals surface area contributed by atoms with E-state index in [9.17, 15) is 13.6 Å². The molecular formula is C13H17F2NO3. The maximum Gasteiger partial charge on any atom is 0.287 e. The molecule has 0 heterocycles. The van der Waals surface area contributed by atoms with Gasteiger partial charge in [-0.05, 0) is 24.1 Å². The Hall–Kier alpha value is -1.69. The number of aryl methyl sites for hydroxylation is 1. The number of benzene rings is 1. The van der Waals surface area contributed by atoms with Crippen LogP contribution in [0.25, 0.3) is 0 Å². The maximum atomic E-state index is 12.7. The fourth-order valence-electron chi connectivity index (χ4n) is 1.42. The summed E-state index contributed by atoms with van der Waals surface area (Å²) in [4.78, 5) is 11.4. The third-order valence-electron chi connectivity index (χ3n) is 2.58. The Morgan fingerprint density at radius 2 is 2.00 bits per heavy atom. The smallest absolute Gasteiger partial charge is 0.287 e.